The van der Waals surface area contributed by atoms with E-state index in [0.29, 0.717) is 0 Å². The van der Waals surface area contributed by atoms with Gasteiger partial charge in [0.2, 0.25) is 5.85 Å². The van der Waals surface area contributed by atoms with Crippen molar-refractivity contribution in [2.45, 2.75) is 5.85 Å². The minimum Gasteiger partial charge on any atom is -0.390 e. The summed E-state index contributed by atoms with van der Waals surface area (Å²) < 4.78 is 0. The summed E-state index contributed by atoms with van der Waals surface area (Å²) in [6.45, 7) is -0.733. The summed E-state index contributed by atoms with van der Waals surface area (Å²) in [5, 5.41) is 24.1. The average Bonchev–Trinajstić information content (AvgIpc) is 1.68. The van der Waals surface area contributed by atoms with Crippen molar-refractivity contribution in [1.82, 2.24) is 5.48 Å². The first-order valence-corrected chi connectivity index (χ1v) is 1.66. The molecule has 0 radical (unpaired) electrons. The summed E-state index contributed by atoms with van der Waals surface area (Å²) in [4.78, 5) is 0. The van der Waals surface area contributed by atoms with Gasteiger partial charge >= 0.3 is 0 Å². The molecule has 0 rings (SSSR count). The van der Waals surface area contributed by atoms with E-state index in [1.54, 1.807) is 0 Å². The molecular weight excluding hydrogens is 100 g/mol. The summed E-state index contributed by atoms with van der Waals surface area (Å²) in [6, 6.07) is 0. The zero-order chi connectivity index (χ0) is 5.91. The highest BCUT2D eigenvalue weighted by atomic mass is 16.5. The van der Waals surface area contributed by atoms with E-state index in [9.17, 15) is 0 Å². The third-order valence-corrected chi connectivity index (χ3v) is 0.435. The Morgan fingerprint density at radius 3 is 2.14 bits per heavy atom. The van der Waals surface area contributed by atoms with Crippen molar-refractivity contribution in [2.24, 2.45) is 5.73 Å². The first kappa shape index (κ1) is 6.80. The van der Waals surface area contributed by atoms with Crippen molar-refractivity contribution in [3.63, 3.8) is 0 Å². The van der Waals surface area contributed by atoms with Crippen LogP contribution in [0, 0.1) is 0 Å². The number of hydrogen-bond donors (Lipinski definition) is 5. The minimum absolute atomic E-state index is 0.733. The maximum absolute atomic E-state index is 8.30. The fourth-order valence-corrected chi connectivity index (χ4v) is 0.0354. The summed E-state index contributed by atoms with van der Waals surface area (Å²) in [7, 11) is 0. The molecule has 0 saturated heterocycles. The van der Waals surface area contributed by atoms with Gasteiger partial charge in [0.05, 0.1) is 0 Å². The number of nitrogens with two attached hydrogens (primary N) is 1. The lowest BCUT2D eigenvalue weighted by Crippen LogP contribution is -2.55. The smallest absolute Gasteiger partial charge is 0.215 e. The van der Waals surface area contributed by atoms with E-state index in [1.807, 2.05) is 0 Å². The van der Waals surface area contributed by atoms with Crippen molar-refractivity contribution in [3.8, 4) is 0 Å². The Labute approximate surface area is 40.3 Å². The normalized spacial score (nSPS) is 18.9. The Bertz CT molecular complexity index is 48.9. The van der Waals surface area contributed by atoms with Gasteiger partial charge in [0, 0.05) is 0 Å². The van der Waals surface area contributed by atoms with Crippen LogP contribution in [0.2, 0.25) is 0 Å². The van der Waals surface area contributed by atoms with Gasteiger partial charge < -0.3 is 15.4 Å². The summed E-state index contributed by atoms with van der Waals surface area (Å²) >= 11 is 0. The Hall–Kier alpha value is -0.200. The van der Waals surface area contributed by atoms with Gasteiger partial charge in [0.15, 0.2) is 0 Å². The van der Waals surface area contributed by atoms with Gasteiger partial charge in [-0.3, -0.25) is 5.73 Å². The highest BCUT2D eigenvalue weighted by Gasteiger charge is 2.15. The SMILES string of the molecule is N[C@](O)(CO)NO. The first-order valence-electron chi connectivity index (χ1n) is 1.66. The average molecular weight is 108 g/mol. The van der Waals surface area contributed by atoms with Crippen molar-refractivity contribution in [3.05, 3.63) is 0 Å². The molecule has 0 aromatic carbocycles. The second-order valence-electron chi connectivity index (χ2n) is 1.19. The number of hydroxylamine groups is 1. The minimum atomic E-state index is -2.06. The molecule has 0 aliphatic heterocycles. The maximum Gasteiger partial charge on any atom is 0.215 e. The Kier molecular flexibility index (Phi) is 2.13. The Morgan fingerprint density at radius 2 is 2.14 bits per heavy atom. The van der Waals surface area contributed by atoms with Crippen molar-refractivity contribution in [1.29, 1.82) is 0 Å². The molecule has 0 fully saturated rings. The molecule has 0 saturated carbocycles. The van der Waals surface area contributed by atoms with E-state index in [4.69, 9.17) is 15.4 Å². The van der Waals surface area contributed by atoms with E-state index >= 15 is 0 Å². The number of nitrogens with one attached hydrogen (secondary N) is 1. The molecule has 0 aromatic heterocycles. The molecule has 44 valence electrons. The first-order chi connectivity index (χ1) is 3.12. The Balaban J connectivity index is 3.36. The summed E-state index contributed by atoms with van der Waals surface area (Å²) in [6.07, 6.45) is 0. The van der Waals surface area contributed by atoms with Gasteiger partial charge in [0.1, 0.15) is 6.61 Å². The molecule has 0 aliphatic carbocycles. The third kappa shape index (κ3) is 2.49. The van der Waals surface area contributed by atoms with Crippen LogP contribution < -0.4 is 11.2 Å². The standard InChI is InChI=1S/C2H8N2O3/c3-2(6,1-5)4-7/h4-7H,1,3H2/t2-/m1/s1. The maximum atomic E-state index is 8.30. The van der Waals surface area contributed by atoms with Gasteiger partial charge in [-0.25, -0.2) is 0 Å². The molecule has 0 unspecified atom stereocenters. The molecule has 0 aliphatic rings. The highest BCUT2D eigenvalue weighted by Crippen LogP contribution is 1.79. The third-order valence-electron chi connectivity index (χ3n) is 0.435. The zero-order valence-electron chi connectivity index (χ0n) is 3.63. The van der Waals surface area contributed by atoms with Crippen LogP contribution in [0.4, 0.5) is 0 Å². The largest absolute Gasteiger partial charge is 0.390 e. The summed E-state index contributed by atoms with van der Waals surface area (Å²) in [5.74, 6) is -2.06. The molecule has 0 aromatic rings. The van der Waals surface area contributed by atoms with Gasteiger partial charge in [-0.15, -0.1) is 0 Å². The van der Waals surface area contributed by atoms with Crippen molar-refractivity contribution in [2.75, 3.05) is 6.61 Å². The molecule has 7 heavy (non-hydrogen) atoms. The molecule has 5 heteroatoms. The van der Waals surface area contributed by atoms with Gasteiger partial charge in [-0.2, -0.15) is 5.48 Å². The predicted octanol–water partition coefficient (Wildman–Crippen LogP) is -2.44. The molecule has 0 heterocycles. The molecule has 5 nitrogen and oxygen atoms in total. The van der Waals surface area contributed by atoms with Gasteiger partial charge in [-0.1, -0.05) is 0 Å². The monoisotopic (exact) mass is 108 g/mol. The summed E-state index contributed by atoms with van der Waals surface area (Å²) in [5.41, 5.74) is 5.93. The van der Waals surface area contributed by atoms with Crippen molar-refractivity contribution >= 4 is 0 Å². The topological polar surface area (TPSA) is 98.7 Å². The molecular formula is C2H8N2O3. The molecule has 6 N–H and O–H groups in total. The second kappa shape index (κ2) is 2.20. The highest BCUT2D eigenvalue weighted by molar-refractivity contribution is 4.56. The van der Waals surface area contributed by atoms with Crippen LogP contribution >= 0.6 is 0 Å². The lowest BCUT2D eigenvalue weighted by Gasteiger charge is -2.15. The molecule has 1 atom stereocenters. The van der Waals surface area contributed by atoms with E-state index in [1.165, 1.54) is 5.48 Å². The fourth-order valence-electron chi connectivity index (χ4n) is 0.0354. The van der Waals surface area contributed by atoms with Crippen LogP contribution in [-0.2, 0) is 0 Å². The second-order valence-corrected chi connectivity index (χ2v) is 1.19. The van der Waals surface area contributed by atoms with Crippen LogP contribution in [0.15, 0.2) is 0 Å². The van der Waals surface area contributed by atoms with E-state index in [-0.39, 0.29) is 0 Å². The van der Waals surface area contributed by atoms with Crippen LogP contribution in [0.5, 0.6) is 0 Å². The van der Waals surface area contributed by atoms with Gasteiger partial charge in [-0.05, 0) is 0 Å². The number of rotatable bonds is 2. The van der Waals surface area contributed by atoms with Crippen LogP contribution in [-0.4, -0.2) is 27.9 Å². The number of hydrogen-bond acceptors (Lipinski definition) is 5. The number of aliphatic hydroxyl groups is 2. The lowest BCUT2D eigenvalue weighted by molar-refractivity contribution is -0.117. The Morgan fingerprint density at radius 1 is 1.71 bits per heavy atom. The zero-order valence-corrected chi connectivity index (χ0v) is 3.63. The number of aliphatic hydroxyl groups excluding tert-OH is 1. The molecule has 0 spiro atoms. The quantitative estimate of drug-likeness (QED) is 0.200. The van der Waals surface area contributed by atoms with E-state index in [2.05, 4.69) is 5.73 Å². The van der Waals surface area contributed by atoms with E-state index in [0.717, 1.165) is 0 Å². The predicted molar refractivity (Wildman–Crippen MR) is 21.1 cm³/mol. The van der Waals surface area contributed by atoms with Crippen molar-refractivity contribution < 1.29 is 15.4 Å². The van der Waals surface area contributed by atoms with Crippen LogP contribution in [0.25, 0.3) is 0 Å². The van der Waals surface area contributed by atoms with Crippen LogP contribution in [0.1, 0.15) is 0 Å². The fraction of sp³-hybridized carbons (Fsp3) is 1.00. The molecule has 0 bridgehead atoms. The van der Waals surface area contributed by atoms with E-state index < -0.39 is 12.5 Å². The lowest BCUT2D eigenvalue weighted by atomic mass is 10.5. The van der Waals surface area contributed by atoms with Crippen LogP contribution in [0.3, 0.4) is 0 Å². The van der Waals surface area contributed by atoms with Gasteiger partial charge in [0.25, 0.3) is 0 Å². The molecule has 0 amide bonds.